The number of hydrogen-bond donors (Lipinski definition) is 2. The quantitative estimate of drug-likeness (QED) is 0.825. The van der Waals surface area contributed by atoms with E-state index in [1.807, 2.05) is 28.8 Å². The Morgan fingerprint density at radius 3 is 3.00 bits per heavy atom. The normalized spacial score (nSPS) is 17.1. The first-order chi connectivity index (χ1) is 9.19. The zero-order valence-electron chi connectivity index (χ0n) is 10.7. The second-order valence-corrected chi connectivity index (χ2v) is 5.06. The van der Waals surface area contributed by atoms with Crippen LogP contribution in [0.2, 0.25) is 0 Å². The van der Waals surface area contributed by atoms with E-state index >= 15 is 0 Å². The van der Waals surface area contributed by atoms with E-state index in [0.717, 1.165) is 30.7 Å². The number of carbonyl (C=O) groups is 1. The number of aromatic nitrogens is 3. The third kappa shape index (κ3) is 2.19. The molecule has 2 aromatic heterocycles. The maximum Gasteiger partial charge on any atom is 0.240 e. The lowest BCUT2D eigenvalue weighted by Crippen LogP contribution is -2.58. The Morgan fingerprint density at radius 2 is 2.26 bits per heavy atom. The van der Waals surface area contributed by atoms with E-state index in [2.05, 4.69) is 15.5 Å². The first kappa shape index (κ1) is 12.1. The van der Waals surface area contributed by atoms with Gasteiger partial charge in [-0.2, -0.15) is 0 Å². The summed E-state index contributed by atoms with van der Waals surface area (Å²) in [5.74, 6) is 0.795. The molecule has 1 aliphatic rings. The van der Waals surface area contributed by atoms with Gasteiger partial charge < -0.3 is 11.1 Å². The molecule has 100 valence electrons. The first-order valence-corrected chi connectivity index (χ1v) is 6.55. The number of pyridine rings is 1. The molecule has 19 heavy (non-hydrogen) atoms. The van der Waals surface area contributed by atoms with Crippen molar-refractivity contribution in [2.45, 2.75) is 31.2 Å². The van der Waals surface area contributed by atoms with Crippen molar-refractivity contribution in [1.82, 2.24) is 19.9 Å². The van der Waals surface area contributed by atoms with Crippen molar-refractivity contribution in [3.05, 3.63) is 30.2 Å². The fourth-order valence-corrected chi connectivity index (χ4v) is 2.31. The van der Waals surface area contributed by atoms with E-state index in [4.69, 9.17) is 5.73 Å². The van der Waals surface area contributed by atoms with Crippen LogP contribution in [0.3, 0.4) is 0 Å². The van der Waals surface area contributed by atoms with Crippen LogP contribution >= 0.6 is 0 Å². The second-order valence-electron chi connectivity index (χ2n) is 5.06. The zero-order valence-corrected chi connectivity index (χ0v) is 10.7. The molecule has 2 aromatic rings. The van der Waals surface area contributed by atoms with Crippen LogP contribution in [0.25, 0.3) is 5.65 Å². The summed E-state index contributed by atoms with van der Waals surface area (Å²) in [7, 11) is 0. The highest BCUT2D eigenvalue weighted by atomic mass is 16.2. The van der Waals surface area contributed by atoms with E-state index in [9.17, 15) is 4.79 Å². The van der Waals surface area contributed by atoms with Crippen LogP contribution in [-0.2, 0) is 11.2 Å². The number of nitrogens with zero attached hydrogens (tertiary/aromatic N) is 3. The fraction of sp³-hybridized carbons (Fsp3) is 0.462. The summed E-state index contributed by atoms with van der Waals surface area (Å²) >= 11 is 0. The van der Waals surface area contributed by atoms with E-state index in [1.54, 1.807) is 0 Å². The molecule has 1 amide bonds. The second kappa shape index (κ2) is 4.62. The molecule has 0 radical (unpaired) electrons. The van der Waals surface area contributed by atoms with Crippen LogP contribution in [0.5, 0.6) is 0 Å². The molecule has 3 rings (SSSR count). The van der Waals surface area contributed by atoms with Gasteiger partial charge in [0.1, 0.15) is 5.82 Å². The van der Waals surface area contributed by atoms with Gasteiger partial charge in [0.05, 0.1) is 5.54 Å². The summed E-state index contributed by atoms with van der Waals surface area (Å²) in [4.78, 5) is 11.9. The Kier molecular flexibility index (Phi) is 2.94. The maximum atomic E-state index is 11.9. The van der Waals surface area contributed by atoms with E-state index in [0.29, 0.717) is 13.0 Å². The van der Waals surface area contributed by atoms with Gasteiger partial charge in [0.15, 0.2) is 5.65 Å². The summed E-state index contributed by atoms with van der Waals surface area (Å²) in [6.07, 6.45) is 5.17. The van der Waals surface area contributed by atoms with Crippen molar-refractivity contribution in [1.29, 1.82) is 0 Å². The van der Waals surface area contributed by atoms with Crippen LogP contribution in [0, 0.1) is 0 Å². The lowest BCUT2D eigenvalue weighted by Gasteiger charge is -2.36. The zero-order chi connectivity index (χ0) is 13.3. The smallest absolute Gasteiger partial charge is 0.240 e. The largest absolute Gasteiger partial charge is 0.354 e. The average molecular weight is 259 g/mol. The molecule has 0 aromatic carbocycles. The molecule has 2 heterocycles. The predicted molar refractivity (Wildman–Crippen MR) is 70.5 cm³/mol. The Balaban J connectivity index is 1.59. The van der Waals surface area contributed by atoms with Crippen LogP contribution in [0.15, 0.2) is 24.4 Å². The van der Waals surface area contributed by atoms with Gasteiger partial charge in [-0.3, -0.25) is 9.20 Å². The van der Waals surface area contributed by atoms with Gasteiger partial charge >= 0.3 is 0 Å². The number of amides is 1. The van der Waals surface area contributed by atoms with Crippen molar-refractivity contribution >= 4 is 11.6 Å². The van der Waals surface area contributed by atoms with Gasteiger partial charge in [-0.05, 0) is 31.4 Å². The number of rotatable bonds is 4. The minimum atomic E-state index is -0.632. The molecule has 0 unspecified atom stereocenters. The van der Waals surface area contributed by atoms with Crippen LogP contribution < -0.4 is 11.1 Å². The highest BCUT2D eigenvalue weighted by molar-refractivity contribution is 5.86. The summed E-state index contributed by atoms with van der Waals surface area (Å²) < 4.78 is 1.92. The van der Waals surface area contributed by atoms with Crippen LogP contribution in [-0.4, -0.2) is 32.6 Å². The number of fused-ring (bicyclic) bond motifs is 1. The highest BCUT2D eigenvalue weighted by Gasteiger charge is 2.39. The Hall–Kier alpha value is -1.95. The van der Waals surface area contributed by atoms with E-state index < -0.39 is 5.54 Å². The molecular formula is C13H17N5O. The predicted octanol–water partition coefficient (Wildman–Crippen LogP) is 0.269. The van der Waals surface area contributed by atoms with Crippen LogP contribution in [0.4, 0.5) is 0 Å². The number of carbonyl (C=O) groups excluding carboxylic acids is 1. The standard InChI is InChI=1S/C13H17N5O/c14-13(6-3-7-13)12(19)15-8-5-11-17-16-10-4-1-2-9-18(10)11/h1-2,4,9H,3,5-8,14H2,(H,15,19). The summed E-state index contributed by atoms with van der Waals surface area (Å²) in [5.41, 5.74) is 6.14. The molecular weight excluding hydrogens is 242 g/mol. The molecule has 1 aliphatic carbocycles. The van der Waals surface area contributed by atoms with E-state index in [1.165, 1.54) is 0 Å². The molecule has 1 saturated carbocycles. The van der Waals surface area contributed by atoms with Crippen molar-refractivity contribution in [2.75, 3.05) is 6.54 Å². The number of nitrogens with two attached hydrogens (primary N) is 1. The molecule has 0 bridgehead atoms. The molecule has 3 N–H and O–H groups in total. The fourth-order valence-electron chi connectivity index (χ4n) is 2.31. The van der Waals surface area contributed by atoms with Crippen molar-refractivity contribution in [3.63, 3.8) is 0 Å². The number of nitrogens with one attached hydrogen (secondary N) is 1. The molecule has 0 spiro atoms. The van der Waals surface area contributed by atoms with Gasteiger partial charge in [0, 0.05) is 19.2 Å². The maximum absolute atomic E-state index is 11.9. The van der Waals surface area contributed by atoms with Gasteiger partial charge in [0.25, 0.3) is 0 Å². The van der Waals surface area contributed by atoms with Crippen LogP contribution in [0.1, 0.15) is 25.1 Å². The van der Waals surface area contributed by atoms with Gasteiger partial charge in [-0.15, -0.1) is 10.2 Å². The average Bonchev–Trinajstić information content (AvgIpc) is 2.79. The first-order valence-electron chi connectivity index (χ1n) is 6.55. The minimum absolute atomic E-state index is 0.0485. The Labute approximate surface area is 111 Å². The monoisotopic (exact) mass is 259 g/mol. The minimum Gasteiger partial charge on any atom is -0.354 e. The van der Waals surface area contributed by atoms with Crippen molar-refractivity contribution in [3.8, 4) is 0 Å². The molecule has 0 atom stereocenters. The van der Waals surface area contributed by atoms with Gasteiger partial charge in [-0.1, -0.05) is 6.07 Å². The van der Waals surface area contributed by atoms with Gasteiger partial charge in [0.2, 0.25) is 5.91 Å². The third-order valence-corrected chi connectivity index (χ3v) is 3.72. The third-order valence-electron chi connectivity index (χ3n) is 3.72. The van der Waals surface area contributed by atoms with Crippen molar-refractivity contribution in [2.24, 2.45) is 5.73 Å². The summed E-state index contributed by atoms with van der Waals surface area (Å²) in [6.45, 7) is 0.535. The summed E-state index contributed by atoms with van der Waals surface area (Å²) in [6, 6.07) is 5.75. The molecule has 6 heteroatoms. The molecule has 0 saturated heterocycles. The lowest BCUT2D eigenvalue weighted by atomic mass is 9.77. The Bertz CT molecular complexity index is 602. The highest BCUT2D eigenvalue weighted by Crippen LogP contribution is 2.28. The van der Waals surface area contributed by atoms with Crippen molar-refractivity contribution < 1.29 is 4.79 Å². The number of hydrogen-bond acceptors (Lipinski definition) is 4. The molecule has 6 nitrogen and oxygen atoms in total. The molecule has 0 aliphatic heterocycles. The summed E-state index contributed by atoms with van der Waals surface area (Å²) in [5, 5.41) is 11.1. The molecule has 1 fully saturated rings. The topological polar surface area (TPSA) is 85.3 Å². The van der Waals surface area contributed by atoms with Gasteiger partial charge in [-0.25, -0.2) is 0 Å². The van der Waals surface area contributed by atoms with E-state index in [-0.39, 0.29) is 5.91 Å². The Morgan fingerprint density at radius 1 is 1.42 bits per heavy atom. The lowest BCUT2D eigenvalue weighted by molar-refractivity contribution is -0.129. The SMILES string of the molecule is NC1(C(=O)NCCc2nnc3ccccn23)CCC1.